The van der Waals surface area contributed by atoms with Gasteiger partial charge in [0.25, 0.3) is 11.2 Å². The predicted molar refractivity (Wildman–Crippen MR) is 116 cm³/mol. The second kappa shape index (κ2) is 6.92. The maximum Gasteiger partial charge on any atom is 0.409 e. The second-order valence-corrected chi connectivity index (χ2v) is 9.09. The molecule has 1 unspecified atom stereocenters. The molecule has 3 aromatic rings. The van der Waals surface area contributed by atoms with Gasteiger partial charge in [-0.05, 0) is 57.0 Å². The zero-order chi connectivity index (χ0) is 22.8. The molecular weight excluding hydrogens is 405 g/mol. The molecule has 6 heteroatoms. The van der Waals surface area contributed by atoms with Crippen LogP contribution in [0, 0.1) is 19.7 Å². The summed E-state index contributed by atoms with van der Waals surface area (Å²) in [4.78, 5) is 17.6. The first-order valence-corrected chi connectivity index (χ1v) is 11.2. The van der Waals surface area contributed by atoms with Gasteiger partial charge in [0, 0.05) is 18.6 Å². The Morgan fingerprint density at radius 3 is 2.66 bits per heavy atom. The number of aryl methyl sites for hydroxylation is 2. The summed E-state index contributed by atoms with van der Waals surface area (Å²) >= 11 is 0. The Morgan fingerprint density at radius 2 is 1.94 bits per heavy atom. The summed E-state index contributed by atoms with van der Waals surface area (Å²) in [6.07, 6.45) is 4.79. The van der Waals surface area contributed by atoms with Gasteiger partial charge < -0.3 is 4.74 Å². The highest BCUT2D eigenvalue weighted by molar-refractivity contribution is 5.86. The molecular formula is C26H28FN3O2+2. The lowest BCUT2D eigenvalue weighted by Crippen LogP contribution is -2.75. The van der Waals surface area contributed by atoms with Crippen molar-refractivity contribution in [1.82, 2.24) is 4.98 Å². The van der Waals surface area contributed by atoms with Crippen molar-refractivity contribution in [2.45, 2.75) is 64.6 Å². The van der Waals surface area contributed by atoms with Crippen LogP contribution in [0.2, 0.25) is 0 Å². The Balaban J connectivity index is 1.94. The van der Waals surface area contributed by atoms with Crippen LogP contribution in [0.15, 0.2) is 48.8 Å². The smallest absolute Gasteiger partial charge is 0.388 e. The van der Waals surface area contributed by atoms with Gasteiger partial charge in [-0.3, -0.25) is 0 Å². The van der Waals surface area contributed by atoms with Crippen molar-refractivity contribution in [3.05, 3.63) is 77.3 Å². The van der Waals surface area contributed by atoms with Gasteiger partial charge in [0.1, 0.15) is 17.2 Å². The molecule has 5 nitrogen and oxygen atoms in total. The van der Waals surface area contributed by atoms with Gasteiger partial charge in [-0.1, -0.05) is 13.8 Å². The number of ether oxygens (including phenoxy) is 1. The van der Waals surface area contributed by atoms with Crippen molar-refractivity contribution in [3.63, 3.8) is 0 Å². The quantitative estimate of drug-likeness (QED) is 0.459. The number of hydrogen-bond donors (Lipinski definition) is 0. The van der Waals surface area contributed by atoms with Crippen molar-refractivity contribution in [3.8, 4) is 11.3 Å². The van der Waals surface area contributed by atoms with Gasteiger partial charge in [-0.2, -0.15) is 4.57 Å². The molecule has 0 aliphatic carbocycles. The molecule has 1 aromatic carbocycles. The van der Waals surface area contributed by atoms with E-state index in [0.717, 1.165) is 34.6 Å². The number of rotatable bonds is 3. The van der Waals surface area contributed by atoms with Crippen molar-refractivity contribution in [2.75, 3.05) is 0 Å². The maximum absolute atomic E-state index is 14.6. The zero-order valence-corrected chi connectivity index (χ0v) is 19.1. The molecule has 0 saturated heterocycles. The molecule has 3 atom stereocenters. The third kappa shape index (κ3) is 2.43. The van der Waals surface area contributed by atoms with E-state index in [1.54, 1.807) is 12.1 Å². The molecule has 0 N–H and O–H groups in total. The van der Waals surface area contributed by atoms with Crippen molar-refractivity contribution in [2.24, 2.45) is 0 Å². The molecule has 32 heavy (non-hydrogen) atoms. The highest BCUT2D eigenvalue weighted by Gasteiger charge is 2.71. The van der Waals surface area contributed by atoms with Crippen LogP contribution in [-0.2, 0) is 15.7 Å². The van der Waals surface area contributed by atoms with Crippen molar-refractivity contribution < 1.29 is 23.1 Å². The third-order valence-corrected chi connectivity index (χ3v) is 7.69. The van der Waals surface area contributed by atoms with Crippen LogP contribution in [0.25, 0.3) is 11.3 Å². The summed E-state index contributed by atoms with van der Waals surface area (Å²) in [5.74, 6) is -0.604. The number of hydrogen-bond acceptors (Lipinski definition) is 3. The highest BCUT2D eigenvalue weighted by atomic mass is 19.1. The minimum Gasteiger partial charge on any atom is -0.388 e. The lowest BCUT2D eigenvalue weighted by Gasteiger charge is -2.47. The van der Waals surface area contributed by atoms with E-state index in [-0.39, 0.29) is 11.8 Å². The van der Waals surface area contributed by atoms with E-state index < -0.39 is 17.2 Å². The zero-order valence-electron chi connectivity index (χ0n) is 19.1. The SMILES string of the molecule is CCC1(C)c2cc(F)ccc2-c2c(C)nc(C)c[n+]2[C@@]1(CC)[C@H]1OC(=O)c2cccc[n+]21. The van der Waals surface area contributed by atoms with Crippen LogP contribution >= 0.6 is 0 Å². The molecule has 2 aromatic heterocycles. The van der Waals surface area contributed by atoms with Gasteiger partial charge in [0.05, 0.1) is 11.0 Å². The standard InChI is InChI=1S/C26H28FN3O2/c1-6-25(5)20-14-18(27)11-12-19(20)22-17(4)28-16(3)15-30(22)26(25,7-2)24-29-13-9-8-10-21(29)23(31)32-24/h8-15,24H,6-7H2,1-5H3/q+2/t24-,25?,26+/m1/s1. The monoisotopic (exact) mass is 433 g/mol. The molecule has 164 valence electrons. The van der Waals surface area contributed by atoms with Gasteiger partial charge in [-0.15, -0.1) is 4.57 Å². The first-order chi connectivity index (χ1) is 15.3. The molecule has 4 heterocycles. The van der Waals surface area contributed by atoms with E-state index in [0.29, 0.717) is 12.1 Å². The van der Waals surface area contributed by atoms with Crippen LogP contribution in [0.4, 0.5) is 4.39 Å². The molecule has 0 amide bonds. The molecule has 0 bridgehead atoms. The molecule has 2 aliphatic heterocycles. The second-order valence-electron chi connectivity index (χ2n) is 9.09. The largest absolute Gasteiger partial charge is 0.409 e. The number of pyridine rings is 1. The van der Waals surface area contributed by atoms with Gasteiger partial charge in [0.2, 0.25) is 5.69 Å². The average molecular weight is 434 g/mol. The maximum atomic E-state index is 14.6. The lowest BCUT2D eigenvalue weighted by molar-refractivity contribution is -0.868. The number of aromatic nitrogens is 3. The number of fused-ring (bicyclic) bond motifs is 4. The summed E-state index contributed by atoms with van der Waals surface area (Å²) in [5.41, 5.74) is 3.92. The fourth-order valence-electron chi connectivity index (χ4n) is 6.09. The number of benzene rings is 1. The summed E-state index contributed by atoms with van der Waals surface area (Å²) in [7, 11) is 0. The summed E-state index contributed by atoms with van der Waals surface area (Å²) in [6, 6.07) is 10.6. The Labute approximate surface area is 187 Å². The van der Waals surface area contributed by atoms with Crippen LogP contribution < -0.4 is 9.13 Å². The average Bonchev–Trinajstić information content (AvgIpc) is 3.11. The minimum absolute atomic E-state index is 0.268. The number of carbonyl (C=O) groups is 1. The van der Waals surface area contributed by atoms with Gasteiger partial charge in [-0.25, -0.2) is 14.2 Å². The Hall–Kier alpha value is -3.15. The Bertz CT molecular complexity index is 1270. The van der Waals surface area contributed by atoms with Crippen molar-refractivity contribution in [1.29, 1.82) is 0 Å². The fraction of sp³-hybridized carbons (Fsp3) is 0.385. The molecule has 0 spiro atoms. The molecule has 0 radical (unpaired) electrons. The Morgan fingerprint density at radius 1 is 1.16 bits per heavy atom. The van der Waals surface area contributed by atoms with E-state index >= 15 is 0 Å². The minimum atomic E-state index is -0.691. The Kier molecular flexibility index (Phi) is 4.49. The van der Waals surface area contributed by atoms with E-state index in [1.165, 1.54) is 6.07 Å². The molecule has 2 aliphatic rings. The van der Waals surface area contributed by atoms with E-state index in [4.69, 9.17) is 9.72 Å². The summed E-state index contributed by atoms with van der Waals surface area (Å²) in [6.45, 7) is 10.4. The first-order valence-electron chi connectivity index (χ1n) is 11.2. The number of carbonyl (C=O) groups excluding carboxylic acids is 1. The van der Waals surface area contributed by atoms with E-state index in [1.807, 2.05) is 42.8 Å². The lowest BCUT2D eigenvalue weighted by atomic mass is 9.58. The molecule has 0 saturated carbocycles. The summed E-state index contributed by atoms with van der Waals surface area (Å²) < 4.78 is 25.0. The fourth-order valence-corrected chi connectivity index (χ4v) is 6.09. The van der Waals surface area contributed by atoms with E-state index in [9.17, 15) is 9.18 Å². The molecule has 0 fully saturated rings. The molecule has 5 rings (SSSR count). The normalized spacial score (nSPS) is 25.7. The van der Waals surface area contributed by atoms with Crippen LogP contribution in [0.5, 0.6) is 0 Å². The topological polar surface area (TPSA) is 47.0 Å². The van der Waals surface area contributed by atoms with Gasteiger partial charge >= 0.3 is 12.2 Å². The van der Waals surface area contributed by atoms with Crippen LogP contribution in [-0.4, -0.2) is 11.0 Å². The van der Waals surface area contributed by atoms with Crippen LogP contribution in [0.1, 0.15) is 67.3 Å². The van der Waals surface area contributed by atoms with Crippen LogP contribution in [0.3, 0.4) is 0 Å². The predicted octanol–water partition coefficient (Wildman–Crippen LogP) is 4.24. The first kappa shape index (κ1) is 20.7. The summed E-state index contributed by atoms with van der Waals surface area (Å²) in [5, 5.41) is 0. The number of cyclic esters (lactones) is 1. The third-order valence-electron chi connectivity index (χ3n) is 7.69. The number of halogens is 1. The van der Waals surface area contributed by atoms with E-state index in [2.05, 4.69) is 31.5 Å². The number of nitrogens with zero attached hydrogens (tertiary/aromatic N) is 3. The van der Waals surface area contributed by atoms with Gasteiger partial charge in [0.15, 0.2) is 12.4 Å². The van der Waals surface area contributed by atoms with Crippen molar-refractivity contribution >= 4 is 5.97 Å². The highest BCUT2D eigenvalue weighted by Crippen LogP contribution is 2.54. The number of esters is 1.